The molecule has 1 amide bonds. The number of aromatic nitrogens is 1. The zero-order valence-corrected chi connectivity index (χ0v) is 17.1. The summed E-state index contributed by atoms with van der Waals surface area (Å²) in [6.45, 7) is 0. The van der Waals surface area contributed by atoms with Crippen molar-refractivity contribution in [3.63, 3.8) is 0 Å². The largest absolute Gasteiger partial charge is 0.451 e. The number of para-hydroxylation sites is 2. The fraction of sp³-hybridized carbons (Fsp3) is 0. The van der Waals surface area contributed by atoms with Gasteiger partial charge in [-0.25, -0.2) is 4.98 Å². The molecule has 0 atom stereocenters. The maximum Gasteiger partial charge on any atom is 0.291 e. The highest BCUT2D eigenvalue weighted by molar-refractivity contribution is 7.21. The number of rotatable bonds is 3. The van der Waals surface area contributed by atoms with E-state index in [1.807, 2.05) is 48.5 Å². The van der Waals surface area contributed by atoms with Crippen molar-refractivity contribution in [1.82, 2.24) is 4.98 Å². The Labute approximate surface area is 179 Å². The first-order valence-corrected chi connectivity index (χ1v) is 10.3. The van der Waals surface area contributed by atoms with Gasteiger partial charge in [0.1, 0.15) is 10.6 Å². The number of thiazole rings is 1. The Morgan fingerprint density at radius 1 is 1.00 bits per heavy atom. The molecule has 0 unspecified atom stereocenters. The molecule has 0 bridgehead atoms. The summed E-state index contributed by atoms with van der Waals surface area (Å²) in [7, 11) is 0. The summed E-state index contributed by atoms with van der Waals surface area (Å²) in [6.07, 6.45) is 0. The number of benzene rings is 3. The number of nitrogens with one attached hydrogen (secondary N) is 1. The van der Waals surface area contributed by atoms with Crippen LogP contribution >= 0.6 is 34.5 Å². The first-order valence-electron chi connectivity index (χ1n) is 8.73. The lowest BCUT2D eigenvalue weighted by atomic mass is 10.1. The molecule has 29 heavy (non-hydrogen) atoms. The minimum Gasteiger partial charge on any atom is -0.451 e. The van der Waals surface area contributed by atoms with Crippen LogP contribution in [0.4, 0.5) is 5.69 Å². The second kappa shape index (κ2) is 7.19. The van der Waals surface area contributed by atoms with Gasteiger partial charge in [0, 0.05) is 16.0 Å². The summed E-state index contributed by atoms with van der Waals surface area (Å²) in [5.41, 5.74) is 2.62. The summed E-state index contributed by atoms with van der Waals surface area (Å²) < 4.78 is 6.70. The van der Waals surface area contributed by atoms with E-state index in [9.17, 15) is 4.79 Å². The van der Waals surface area contributed by atoms with E-state index in [-0.39, 0.29) is 5.76 Å². The molecule has 0 fully saturated rings. The van der Waals surface area contributed by atoms with Crippen LogP contribution in [0.5, 0.6) is 0 Å². The third-order valence-electron chi connectivity index (χ3n) is 4.47. The van der Waals surface area contributed by atoms with E-state index in [4.69, 9.17) is 27.6 Å². The van der Waals surface area contributed by atoms with Crippen molar-refractivity contribution in [2.45, 2.75) is 0 Å². The molecule has 0 aliphatic carbocycles. The zero-order valence-electron chi connectivity index (χ0n) is 14.8. The second-order valence-corrected chi connectivity index (χ2v) is 8.27. The molecule has 0 radical (unpaired) electrons. The van der Waals surface area contributed by atoms with Crippen LogP contribution in [0.3, 0.4) is 0 Å². The molecule has 2 heterocycles. The van der Waals surface area contributed by atoms with E-state index >= 15 is 0 Å². The molecule has 5 rings (SSSR count). The predicted molar refractivity (Wildman–Crippen MR) is 119 cm³/mol. The lowest BCUT2D eigenvalue weighted by molar-refractivity contribution is 0.0999. The third-order valence-corrected chi connectivity index (χ3v) is 6.05. The summed E-state index contributed by atoms with van der Waals surface area (Å²) >= 11 is 14.2. The molecule has 1 N–H and O–H groups in total. The van der Waals surface area contributed by atoms with Crippen LogP contribution in [0.2, 0.25) is 10.0 Å². The Balaban J connectivity index is 1.58. The Bertz CT molecular complexity index is 1320. The first kappa shape index (κ1) is 18.2. The van der Waals surface area contributed by atoms with Gasteiger partial charge in [-0.3, -0.25) is 4.79 Å². The zero-order chi connectivity index (χ0) is 20.0. The number of hydrogen-bond acceptors (Lipinski definition) is 4. The van der Waals surface area contributed by atoms with Crippen molar-refractivity contribution in [1.29, 1.82) is 0 Å². The van der Waals surface area contributed by atoms with E-state index in [0.717, 1.165) is 20.6 Å². The Morgan fingerprint density at radius 2 is 1.79 bits per heavy atom. The SMILES string of the molecule is O=C(Nc1c(Cl)cc(Cl)cc1-c1nc2ccccc2s1)c1cc2ccccc2o1. The molecule has 0 saturated heterocycles. The number of carbonyl (C=O) groups excluding carboxylic acids is 1. The molecular weight excluding hydrogens is 427 g/mol. The average molecular weight is 439 g/mol. The smallest absolute Gasteiger partial charge is 0.291 e. The number of furan rings is 1. The average Bonchev–Trinajstić information content (AvgIpc) is 3.33. The normalized spacial score (nSPS) is 11.2. The Hall–Kier alpha value is -2.86. The number of nitrogens with zero attached hydrogens (tertiary/aromatic N) is 1. The van der Waals surface area contributed by atoms with E-state index < -0.39 is 5.91 Å². The minimum absolute atomic E-state index is 0.201. The maximum atomic E-state index is 12.9. The molecule has 4 nitrogen and oxygen atoms in total. The minimum atomic E-state index is -0.396. The lowest BCUT2D eigenvalue weighted by Gasteiger charge is -2.11. The van der Waals surface area contributed by atoms with Crippen LogP contribution in [-0.2, 0) is 0 Å². The number of amides is 1. The highest BCUT2D eigenvalue weighted by Gasteiger charge is 2.19. The molecule has 5 aromatic rings. The van der Waals surface area contributed by atoms with Crippen molar-refractivity contribution in [2.24, 2.45) is 0 Å². The van der Waals surface area contributed by atoms with Gasteiger partial charge in [-0.1, -0.05) is 53.5 Å². The fourth-order valence-electron chi connectivity index (χ4n) is 3.13. The van der Waals surface area contributed by atoms with E-state index in [1.54, 1.807) is 18.2 Å². The van der Waals surface area contributed by atoms with Crippen LogP contribution in [0.25, 0.3) is 31.8 Å². The monoisotopic (exact) mass is 438 g/mol. The number of carbonyl (C=O) groups is 1. The summed E-state index contributed by atoms with van der Waals surface area (Å²) in [6, 6.07) is 20.3. The van der Waals surface area contributed by atoms with Crippen molar-refractivity contribution in [3.05, 3.63) is 82.5 Å². The summed E-state index contributed by atoms with van der Waals surface area (Å²) in [4.78, 5) is 17.5. The van der Waals surface area contributed by atoms with E-state index in [1.165, 1.54) is 11.3 Å². The van der Waals surface area contributed by atoms with Crippen molar-refractivity contribution in [2.75, 3.05) is 5.32 Å². The first-order chi connectivity index (χ1) is 14.1. The summed E-state index contributed by atoms with van der Waals surface area (Å²) in [5.74, 6) is -0.194. The lowest BCUT2D eigenvalue weighted by Crippen LogP contribution is -2.12. The van der Waals surface area contributed by atoms with Gasteiger partial charge in [0.05, 0.1) is 20.9 Å². The second-order valence-electron chi connectivity index (χ2n) is 6.40. The highest BCUT2D eigenvalue weighted by atomic mass is 35.5. The van der Waals surface area contributed by atoms with E-state index in [0.29, 0.717) is 26.9 Å². The quantitative estimate of drug-likeness (QED) is 0.322. The van der Waals surface area contributed by atoms with Gasteiger partial charge in [0.15, 0.2) is 5.76 Å². The van der Waals surface area contributed by atoms with Gasteiger partial charge < -0.3 is 9.73 Å². The maximum absolute atomic E-state index is 12.9. The van der Waals surface area contributed by atoms with Crippen molar-refractivity contribution in [3.8, 4) is 10.6 Å². The van der Waals surface area contributed by atoms with E-state index in [2.05, 4.69) is 10.3 Å². The van der Waals surface area contributed by atoms with Crippen molar-refractivity contribution >= 4 is 67.3 Å². The molecule has 2 aromatic heterocycles. The van der Waals surface area contributed by atoms with Crippen LogP contribution in [0.1, 0.15) is 10.6 Å². The van der Waals surface area contributed by atoms with Crippen LogP contribution < -0.4 is 5.32 Å². The number of halogens is 2. The Morgan fingerprint density at radius 3 is 2.62 bits per heavy atom. The molecule has 0 spiro atoms. The summed E-state index contributed by atoms with van der Waals surface area (Å²) in [5, 5.41) is 5.23. The predicted octanol–water partition coefficient (Wildman–Crippen LogP) is 7.27. The van der Waals surface area contributed by atoms with Gasteiger partial charge in [0.25, 0.3) is 5.91 Å². The van der Waals surface area contributed by atoms with Gasteiger partial charge in [-0.05, 0) is 36.4 Å². The standard InChI is InChI=1S/C22H12Cl2N2O2S/c23-13-10-14(22-25-16-6-2-4-8-19(16)29-22)20(15(24)11-13)26-21(27)18-9-12-5-1-3-7-17(12)28-18/h1-11H,(H,26,27). The number of anilines is 1. The topological polar surface area (TPSA) is 55.1 Å². The Kier molecular flexibility index (Phi) is 4.51. The highest BCUT2D eigenvalue weighted by Crippen LogP contribution is 2.40. The molecule has 142 valence electrons. The third kappa shape index (κ3) is 3.38. The molecule has 7 heteroatoms. The van der Waals surface area contributed by atoms with Gasteiger partial charge in [-0.15, -0.1) is 11.3 Å². The van der Waals surface area contributed by atoms with Crippen molar-refractivity contribution < 1.29 is 9.21 Å². The van der Waals surface area contributed by atoms with Crippen LogP contribution in [0, 0.1) is 0 Å². The molecule has 0 aliphatic rings. The van der Waals surface area contributed by atoms with Gasteiger partial charge >= 0.3 is 0 Å². The molecular formula is C22H12Cl2N2O2S. The molecule has 0 saturated carbocycles. The van der Waals surface area contributed by atoms with Gasteiger partial charge in [0.2, 0.25) is 0 Å². The van der Waals surface area contributed by atoms with Gasteiger partial charge in [-0.2, -0.15) is 0 Å². The number of hydrogen-bond donors (Lipinski definition) is 1. The molecule has 0 aliphatic heterocycles. The number of fused-ring (bicyclic) bond motifs is 2. The van der Waals surface area contributed by atoms with Crippen LogP contribution in [0.15, 0.2) is 71.1 Å². The van der Waals surface area contributed by atoms with Crippen LogP contribution in [-0.4, -0.2) is 10.9 Å². The fourth-order valence-corrected chi connectivity index (χ4v) is 4.65. The molecule has 3 aromatic carbocycles.